The first kappa shape index (κ1) is 18.1. The Morgan fingerprint density at radius 3 is 2.74 bits per heavy atom. The highest BCUT2D eigenvalue weighted by Gasteiger charge is 2.22. The molecule has 8 heteroatoms. The molecule has 1 aromatic heterocycles. The standard InChI is InChI=1S/C19H24N4O3S/c24-18(22-8-10-23(11-9-22)19-20-7-13-27-19)21-15-3-5-16(6-4-15)26-14-17-2-1-12-25-17/h3-7,13,17H,1-2,8-12,14H2,(H,21,24)/t17-/m1/s1. The monoisotopic (exact) mass is 388 g/mol. The van der Waals surface area contributed by atoms with Crippen LogP contribution in [0.3, 0.4) is 0 Å². The first-order chi connectivity index (χ1) is 13.3. The lowest BCUT2D eigenvalue weighted by molar-refractivity contribution is 0.0679. The third-order valence-corrected chi connectivity index (χ3v) is 5.65. The third kappa shape index (κ3) is 4.70. The fourth-order valence-corrected chi connectivity index (χ4v) is 3.97. The van der Waals surface area contributed by atoms with Crippen LogP contribution in [0.2, 0.25) is 0 Å². The second-order valence-electron chi connectivity index (χ2n) is 6.69. The summed E-state index contributed by atoms with van der Waals surface area (Å²) in [6.07, 6.45) is 4.18. The summed E-state index contributed by atoms with van der Waals surface area (Å²) in [5, 5.41) is 5.96. The van der Waals surface area contributed by atoms with E-state index in [2.05, 4.69) is 15.2 Å². The quantitative estimate of drug-likeness (QED) is 0.853. The van der Waals surface area contributed by atoms with Crippen molar-refractivity contribution in [2.24, 2.45) is 0 Å². The van der Waals surface area contributed by atoms with Crippen molar-refractivity contribution in [1.29, 1.82) is 0 Å². The number of carbonyl (C=O) groups is 1. The molecule has 0 aliphatic carbocycles. The Labute approximate surface area is 162 Å². The number of aromatic nitrogens is 1. The van der Waals surface area contributed by atoms with Gasteiger partial charge in [0, 0.05) is 50.1 Å². The highest BCUT2D eigenvalue weighted by molar-refractivity contribution is 7.13. The Bertz CT molecular complexity index is 724. The van der Waals surface area contributed by atoms with Crippen molar-refractivity contribution in [3.8, 4) is 5.75 Å². The van der Waals surface area contributed by atoms with Crippen LogP contribution >= 0.6 is 11.3 Å². The fraction of sp³-hybridized carbons (Fsp3) is 0.474. The minimum atomic E-state index is -0.0678. The molecule has 1 N–H and O–H groups in total. The van der Waals surface area contributed by atoms with Crippen molar-refractivity contribution in [2.45, 2.75) is 18.9 Å². The van der Waals surface area contributed by atoms with Crippen LogP contribution in [0.25, 0.3) is 0 Å². The zero-order valence-electron chi connectivity index (χ0n) is 15.2. The van der Waals surface area contributed by atoms with Gasteiger partial charge in [0.25, 0.3) is 0 Å². The predicted octanol–water partition coefficient (Wildman–Crippen LogP) is 3.06. The minimum absolute atomic E-state index is 0.0678. The minimum Gasteiger partial charge on any atom is -0.491 e. The molecular formula is C19H24N4O3S. The van der Waals surface area contributed by atoms with Crippen LogP contribution in [0.15, 0.2) is 35.8 Å². The summed E-state index contributed by atoms with van der Waals surface area (Å²) in [5.41, 5.74) is 0.770. The molecule has 2 aliphatic heterocycles. The number of anilines is 2. The van der Waals surface area contributed by atoms with Crippen LogP contribution in [0.1, 0.15) is 12.8 Å². The number of rotatable bonds is 5. The molecule has 1 atom stereocenters. The predicted molar refractivity (Wildman–Crippen MR) is 106 cm³/mol. The number of hydrogen-bond acceptors (Lipinski definition) is 6. The van der Waals surface area contributed by atoms with Gasteiger partial charge >= 0.3 is 6.03 Å². The van der Waals surface area contributed by atoms with Crippen molar-refractivity contribution in [3.63, 3.8) is 0 Å². The Morgan fingerprint density at radius 1 is 1.26 bits per heavy atom. The van der Waals surface area contributed by atoms with Crippen LogP contribution in [-0.4, -0.2) is 61.4 Å². The normalized spacial score (nSPS) is 19.9. The third-order valence-electron chi connectivity index (χ3n) is 4.82. The Hall–Kier alpha value is -2.32. The van der Waals surface area contributed by atoms with Gasteiger partial charge in [-0.15, -0.1) is 11.3 Å². The van der Waals surface area contributed by atoms with E-state index >= 15 is 0 Å². The SMILES string of the molecule is O=C(Nc1ccc(OC[C@H]2CCCO2)cc1)N1CCN(c2nccs2)CC1. The summed E-state index contributed by atoms with van der Waals surface area (Å²) in [5.74, 6) is 0.792. The number of nitrogens with one attached hydrogen (secondary N) is 1. The van der Waals surface area contributed by atoms with Crippen molar-refractivity contribution >= 4 is 28.2 Å². The fourth-order valence-electron chi connectivity index (χ4n) is 3.27. The molecule has 2 fully saturated rings. The Balaban J connectivity index is 1.23. The number of ether oxygens (including phenoxy) is 2. The van der Waals surface area contributed by atoms with Gasteiger partial charge in [-0.25, -0.2) is 9.78 Å². The number of urea groups is 1. The second kappa shape index (κ2) is 8.58. The van der Waals surface area contributed by atoms with Crippen molar-refractivity contribution in [2.75, 3.05) is 49.6 Å². The average molecular weight is 388 g/mol. The molecule has 2 amide bonds. The number of nitrogens with zero attached hydrogens (tertiary/aromatic N) is 3. The number of piperazine rings is 1. The lowest BCUT2D eigenvalue weighted by atomic mass is 10.2. The maximum Gasteiger partial charge on any atom is 0.321 e. The summed E-state index contributed by atoms with van der Waals surface area (Å²) in [6, 6.07) is 7.43. The van der Waals surface area contributed by atoms with Gasteiger partial charge in [0.2, 0.25) is 0 Å². The topological polar surface area (TPSA) is 66.9 Å². The molecule has 4 rings (SSSR count). The van der Waals surface area contributed by atoms with E-state index in [-0.39, 0.29) is 12.1 Å². The summed E-state index contributed by atoms with van der Waals surface area (Å²) in [4.78, 5) is 20.9. The largest absolute Gasteiger partial charge is 0.491 e. The van der Waals surface area contributed by atoms with Crippen LogP contribution < -0.4 is 15.0 Å². The van der Waals surface area contributed by atoms with E-state index < -0.39 is 0 Å². The first-order valence-electron chi connectivity index (χ1n) is 9.33. The molecular weight excluding hydrogens is 364 g/mol. The van der Waals surface area contributed by atoms with Crippen LogP contribution in [0.5, 0.6) is 5.75 Å². The summed E-state index contributed by atoms with van der Waals surface area (Å²) >= 11 is 1.63. The number of carbonyl (C=O) groups excluding carboxylic acids is 1. The van der Waals surface area contributed by atoms with Gasteiger partial charge in [0.1, 0.15) is 12.4 Å². The lowest BCUT2D eigenvalue weighted by Crippen LogP contribution is -2.50. The molecule has 0 radical (unpaired) electrons. The number of benzene rings is 1. The molecule has 2 aromatic rings. The highest BCUT2D eigenvalue weighted by Crippen LogP contribution is 2.21. The van der Waals surface area contributed by atoms with E-state index in [4.69, 9.17) is 9.47 Å². The van der Waals surface area contributed by atoms with Gasteiger partial charge in [-0.3, -0.25) is 0 Å². The molecule has 2 aliphatic rings. The Morgan fingerprint density at radius 2 is 2.07 bits per heavy atom. The second-order valence-corrected chi connectivity index (χ2v) is 7.56. The molecule has 3 heterocycles. The maximum atomic E-state index is 12.5. The van der Waals surface area contributed by atoms with Gasteiger partial charge in [-0.2, -0.15) is 0 Å². The summed E-state index contributed by atoms with van der Waals surface area (Å²) in [7, 11) is 0. The van der Waals surface area contributed by atoms with E-state index in [1.165, 1.54) is 0 Å². The molecule has 1 aromatic carbocycles. The van der Waals surface area contributed by atoms with Gasteiger partial charge < -0.3 is 24.6 Å². The smallest absolute Gasteiger partial charge is 0.321 e. The lowest BCUT2D eigenvalue weighted by Gasteiger charge is -2.34. The number of amides is 2. The van der Waals surface area contributed by atoms with Crippen LogP contribution in [-0.2, 0) is 4.74 Å². The number of hydrogen-bond donors (Lipinski definition) is 1. The van der Waals surface area contributed by atoms with E-state index in [0.29, 0.717) is 19.7 Å². The van der Waals surface area contributed by atoms with Crippen LogP contribution in [0, 0.1) is 0 Å². The average Bonchev–Trinajstić information content (AvgIpc) is 3.42. The molecule has 27 heavy (non-hydrogen) atoms. The molecule has 0 spiro atoms. The molecule has 7 nitrogen and oxygen atoms in total. The molecule has 0 bridgehead atoms. The van der Waals surface area contributed by atoms with Gasteiger partial charge in [0.05, 0.1) is 6.10 Å². The molecule has 0 saturated carbocycles. The van der Waals surface area contributed by atoms with Crippen LogP contribution in [0.4, 0.5) is 15.6 Å². The van der Waals surface area contributed by atoms with Gasteiger partial charge in [-0.05, 0) is 37.1 Å². The maximum absolute atomic E-state index is 12.5. The van der Waals surface area contributed by atoms with Gasteiger partial charge in [0.15, 0.2) is 5.13 Å². The zero-order valence-corrected chi connectivity index (χ0v) is 16.0. The first-order valence-corrected chi connectivity index (χ1v) is 10.2. The highest BCUT2D eigenvalue weighted by atomic mass is 32.1. The zero-order chi connectivity index (χ0) is 18.5. The van der Waals surface area contributed by atoms with Gasteiger partial charge in [-0.1, -0.05) is 0 Å². The summed E-state index contributed by atoms with van der Waals surface area (Å²) in [6.45, 7) is 4.39. The van der Waals surface area contributed by atoms with E-state index in [1.54, 1.807) is 11.3 Å². The van der Waals surface area contributed by atoms with Crippen molar-refractivity contribution < 1.29 is 14.3 Å². The van der Waals surface area contributed by atoms with E-state index in [0.717, 1.165) is 49.1 Å². The molecule has 2 saturated heterocycles. The van der Waals surface area contributed by atoms with Crippen molar-refractivity contribution in [1.82, 2.24) is 9.88 Å². The van der Waals surface area contributed by atoms with E-state index in [1.807, 2.05) is 40.7 Å². The molecule has 144 valence electrons. The summed E-state index contributed by atoms with van der Waals surface area (Å²) < 4.78 is 11.3. The Kier molecular flexibility index (Phi) is 5.74. The van der Waals surface area contributed by atoms with Crippen molar-refractivity contribution in [3.05, 3.63) is 35.8 Å². The van der Waals surface area contributed by atoms with E-state index in [9.17, 15) is 4.79 Å². The number of thiazole rings is 1. The molecule has 0 unspecified atom stereocenters.